The molecule has 7 heteroatoms. The van der Waals surface area contributed by atoms with E-state index in [4.69, 9.17) is 0 Å². The van der Waals surface area contributed by atoms with E-state index < -0.39 is 20.0 Å². The van der Waals surface area contributed by atoms with Crippen LogP contribution in [0.3, 0.4) is 0 Å². The summed E-state index contributed by atoms with van der Waals surface area (Å²) in [4.78, 5) is -0.302. The maximum atomic E-state index is 12.4. The van der Waals surface area contributed by atoms with Gasteiger partial charge in [-0.05, 0) is 35.4 Å². The zero-order chi connectivity index (χ0) is 17.1. The molecule has 2 rings (SSSR count). The minimum Gasteiger partial charge on any atom is -0.206 e. The van der Waals surface area contributed by atoms with E-state index in [0.717, 1.165) is 0 Å². The number of hydrogen-bond donors (Lipinski definition) is 1. The lowest BCUT2D eigenvalue weighted by Gasteiger charge is -2.11. The Balaban J connectivity index is 2.48. The molecule has 0 aliphatic heterocycles. The number of benzene rings is 2. The lowest BCUT2D eigenvalue weighted by atomic mass is 10.1. The van der Waals surface area contributed by atoms with Crippen molar-refractivity contribution >= 4 is 32.2 Å². The molecule has 2 aromatic rings. The van der Waals surface area contributed by atoms with Crippen molar-refractivity contribution in [1.82, 2.24) is 4.13 Å². The quantitative estimate of drug-likeness (QED) is 0.869. The van der Waals surface area contributed by atoms with Gasteiger partial charge in [-0.15, -0.1) is 4.13 Å². The Hall–Kier alpha value is -2.22. The van der Waals surface area contributed by atoms with Crippen LogP contribution in [0.25, 0.3) is 12.2 Å². The Kier molecular flexibility index (Phi) is 4.84. The smallest absolute Gasteiger partial charge is 0.206 e. The standard InChI is InChI=1S/C16H15NO4S2/c1-3-13-10-11-16(14(4-2)12-13)23(20,21)17-22(18,19)15-8-6-5-7-9-15/h3-12,17H,1-2H2. The molecule has 120 valence electrons. The van der Waals surface area contributed by atoms with Crippen LogP contribution < -0.4 is 4.13 Å². The normalized spacial score (nSPS) is 11.8. The van der Waals surface area contributed by atoms with Crippen molar-refractivity contribution in [3.63, 3.8) is 0 Å². The highest BCUT2D eigenvalue weighted by Gasteiger charge is 2.25. The molecule has 0 aliphatic carbocycles. The Morgan fingerprint density at radius 2 is 1.48 bits per heavy atom. The zero-order valence-electron chi connectivity index (χ0n) is 12.1. The van der Waals surface area contributed by atoms with Crippen LogP contribution in [0.15, 0.2) is 71.5 Å². The molecule has 2 aromatic carbocycles. The molecule has 0 fully saturated rings. The number of rotatable bonds is 6. The molecule has 0 spiro atoms. The van der Waals surface area contributed by atoms with Gasteiger partial charge in [0.25, 0.3) is 20.0 Å². The zero-order valence-corrected chi connectivity index (χ0v) is 13.8. The largest absolute Gasteiger partial charge is 0.254 e. The van der Waals surface area contributed by atoms with E-state index >= 15 is 0 Å². The van der Waals surface area contributed by atoms with Crippen LogP contribution in [-0.2, 0) is 20.0 Å². The molecular weight excluding hydrogens is 334 g/mol. The van der Waals surface area contributed by atoms with Crippen molar-refractivity contribution in [3.8, 4) is 0 Å². The van der Waals surface area contributed by atoms with Gasteiger partial charge in [0.15, 0.2) is 0 Å². The van der Waals surface area contributed by atoms with Crippen molar-refractivity contribution in [2.45, 2.75) is 9.79 Å². The number of nitrogens with one attached hydrogen (secondary N) is 1. The van der Waals surface area contributed by atoms with Gasteiger partial charge >= 0.3 is 0 Å². The summed E-state index contributed by atoms with van der Waals surface area (Å²) in [5.41, 5.74) is 0.989. The van der Waals surface area contributed by atoms with Crippen molar-refractivity contribution in [1.29, 1.82) is 0 Å². The summed E-state index contributed by atoms with van der Waals surface area (Å²) in [7, 11) is -8.48. The van der Waals surface area contributed by atoms with Gasteiger partial charge < -0.3 is 0 Å². The van der Waals surface area contributed by atoms with Crippen molar-refractivity contribution in [2.24, 2.45) is 0 Å². The molecule has 0 aliphatic rings. The van der Waals surface area contributed by atoms with Gasteiger partial charge in [-0.3, -0.25) is 0 Å². The third kappa shape index (κ3) is 3.76. The molecule has 0 saturated carbocycles. The van der Waals surface area contributed by atoms with Crippen LogP contribution in [0.1, 0.15) is 11.1 Å². The van der Waals surface area contributed by atoms with E-state index in [1.165, 1.54) is 42.5 Å². The van der Waals surface area contributed by atoms with Crippen molar-refractivity contribution < 1.29 is 16.8 Å². The van der Waals surface area contributed by atoms with Gasteiger partial charge in [-0.2, -0.15) is 0 Å². The Labute approximate surface area is 136 Å². The molecule has 0 bridgehead atoms. The summed E-state index contributed by atoms with van der Waals surface area (Å²) in [6.45, 7) is 7.16. The highest BCUT2D eigenvalue weighted by atomic mass is 32.3. The van der Waals surface area contributed by atoms with Crippen LogP contribution >= 0.6 is 0 Å². The van der Waals surface area contributed by atoms with Gasteiger partial charge in [-0.1, -0.05) is 49.6 Å². The summed E-state index contributed by atoms with van der Waals surface area (Å²) in [6, 6.07) is 11.7. The molecule has 1 N–H and O–H groups in total. The van der Waals surface area contributed by atoms with Crippen molar-refractivity contribution in [3.05, 3.63) is 72.8 Å². The fourth-order valence-electron chi connectivity index (χ4n) is 1.94. The first kappa shape index (κ1) is 17.1. The Bertz CT molecular complexity index is 947. The first-order chi connectivity index (χ1) is 10.8. The van der Waals surface area contributed by atoms with Crippen LogP contribution in [-0.4, -0.2) is 16.8 Å². The molecule has 0 atom stereocenters. The molecule has 0 amide bonds. The van der Waals surface area contributed by atoms with Crippen LogP contribution in [0.4, 0.5) is 0 Å². The first-order valence-corrected chi connectivity index (χ1v) is 9.49. The lowest BCUT2D eigenvalue weighted by molar-refractivity contribution is 0.577. The topological polar surface area (TPSA) is 80.3 Å². The maximum Gasteiger partial charge on any atom is 0.254 e. The third-order valence-corrected chi connectivity index (χ3v) is 6.65. The SMILES string of the molecule is C=Cc1ccc(S(=O)(=O)NS(=O)(=O)c2ccccc2)c(C=C)c1. The molecule has 0 radical (unpaired) electrons. The second kappa shape index (κ2) is 6.49. The van der Waals surface area contributed by atoms with Gasteiger partial charge in [0.1, 0.15) is 0 Å². The van der Waals surface area contributed by atoms with Gasteiger partial charge in [0, 0.05) is 0 Å². The predicted octanol–water partition coefficient (Wildman–Crippen LogP) is 2.64. The number of hydrogen-bond acceptors (Lipinski definition) is 4. The highest BCUT2D eigenvalue weighted by Crippen LogP contribution is 2.21. The fourth-order valence-corrected chi connectivity index (χ4v) is 5.05. The highest BCUT2D eigenvalue weighted by molar-refractivity contribution is 8.04. The summed E-state index contributed by atoms with van der Waals surface area (Å²) in [6.07, 6.45) is 2.90. The average Bonchev–Trinajstić information content (AvgIpc) is 2.54. The van der Waals surface area contributed by atoms with E-state index in [-0.39, 0.29) is 15.4 Å². The molecule has 0 saturated heterocycles. The van der Waals surface area contributed by atoms with Gasteiger partial charge in [0.2, 0.25) is 0 Å². The number of sulfonamides is 2. The van der Waals surface area contributed by atoms with Crippen LogP contribution in [0, 0.1) is 0 Å². The van der Waals surface area contributed by atoms with E-state index in [0.29, 0.717) is 5.56 Å². The summed E-state index contributed by atoms with van der Waals surface area (Å²) in [5.74, 6) is 0. The minimum atomic E-state index is -4.28. The fraction of sp³-hybridized carbons (Fsp3) is 0. The average molecular weight is 349 g/mol. The predicted molar refractivity (Wildman–Crippen MR) is 90.6 cm³/mol. The Morgan fingerprint density at radius 3 is 2.04 bits per heavy atom. The first-order valence-electron chi connectivity index (χ1n) is 6.53. The van der Waals surface area contributed by atoms with E-state index in [1.54, 1.807) is 22.3 Å². The second-order valence-electron chi connectivity index (χ2n) is 4.61. The van der Waals surface area contributed by atoms with Gasteiger partial charge in [-0.25, -0.2) is 16.8 Å². The lowest BCUT2D eigenvalue weighted by Crippen LogP contribution is -2.31. The molecule has 23 heavy (non-hydrogen) atoms. The van der Waals surface area contributed by atoms with E-state index in [1.807, 2.05) is 0 Å². The van der Waals surface area contributed by atoms with Crippen LogP contribution in [0.5, 0.6) is 0 Å². The van der Waals surface area contributed by atoms with E-state index in [9.17, 15) is 16.8 Å². The molecule has 5 nitrogen and oxygen atoms in total. The van der Waals surface area contributed by atoms with Gasteiger partial charge in [0.05, 0.1) is 9.79 Å². The molecule has 0 aromatic heterocycles. The maximum absolute atomic E-state index is 12.4. The molecule has 0 unspecified atom stereocenters. The van der Waals surface area contributed by atoms with Crippen molar-refractivity contribution in [2.75, 3.05) is 0 Å². The minimum absolute atomic E-state index is 0.133. The Morgan fingerprint density at radius 1 is 0.826 bits per heavy atom. The monoisotopic (exact) mass is 349 g/mol. The molecular formula is C16H15NO4S2. The summed E-state index contributed by atoms with van der Waals surface area (Å²) >= 11 is 0. The van der Waals surface area contributed by atoms with Crippen LogP contribution in [0.2, 0.25) is 0 Å². The molecule has 0 heterocycles. The summed E-state index contributed by atoms with van der Waals surface area (Å²) in [5, 5.41) is 0. The van der Waals surface area contributed by atoms with E-state index in [2.05, 4.69) is 13.2 Å². The summed E-state index contributed by atoms with van der Waals surface area (Å²) < 4.78 is 51.0. The third-order valence-electron chi connectivity index (χ3n) is 3.05. The second-order valence-corrected chi connectivity index (χ2v) is 8.20.